The molecule has 3 aromatic rings. The number of nitrogens with zero attached hydrogens (tertiary/aromatic N) is 4. The Kier molecular flexibility index (Phi) is 7.43. The number of ether oxygens (including phenoxy) is 1. The first-order valence-corrected chi connectivity index (χ1v) is 10.7. The second-order valence-electron chi connectivity index (χ2n) is 8.01. The molecule has 182 valence electrons. The third-order valence-corrected chi connectivity index (χ3v) is 5.11. The highest BCUT2D eigenvalue weighted by atomic mass is 19.4. The number of benzene rings is 1. The number of nitrogens with one attached hydrogen (secondary N) is 1. The van der Waals surface area contributed by atoms with Gasteiger partial charge < -0.3 is 10.1 Å². The topological polar surface area (TPSA) is 91.0 Å². The highest BCUT2D eigenvalue weighted by Gasteiger charge is 2.41. The zero-order valence-corrected chi connectivity index (χ0v) is 19.3. The van der Waals surface area contributed by atoms with Crippen LogP contribution in [0.4, 0.5) is 13.2 Å². The van der Waals surface area contributed by atoms with Gasteiger partial charge in [-0.1, -0.05) is 6.92 Å². The van der Waals surface area contributed by atoms with Gasteiger partial charge in [0, 0.05) is 24.3 Å². The predicted octanol–water partition coefficient (Wildman–Crippen LogP) is 3.95. The molecular weight excluding hydrogens is 451 g/mol. The van der Waals surface area contributed by atoms with Gasteiger partial charge >= 0.3 is 12.1 Å². The number of carbonyl (C=O) groups is 2. The van der Waals surface area contributed by atoms with Crippen molar-refractivity contribution in [2.75, 3.05) is 13.2 Å². The first-order chi connectivity index (χ1) is 16.0. The van der Waals surface area contributed by atoms with Crippen LogP contribution in [0, 0.1) is 19.8 Å². The van der Waals surface area contributed by atoms with Gasteiger partial charge in [-0.3, -0.25) is 9.48 Å². The summed E-state index contributed by atoms with van der Waals surface area (Å²) in [6.45, 7) is 8.34. The Bertz CT molecular complexity index is 1170. The second kappa shape index (κ2) is 10.1. The predicted molar refractivity (Wildman–Crippen MR) is 118 cm³/mol. The van der Waals surface area contributed by atoms with Crippen molar-refractivity contribution in [1.82, 2.24) is 24.9 Å². The summed E-state index contributed by atoms with van der Waals surface area (Å²) in [6, 6.07) is 7.47. The number of halogens is 3. The SMILES string of the molecule is CCOC(=O)c1cnn(-c2ccc(C(=O)NCC(C)Cn3nc(C)cc3C)cc2)c1C(F)(F)F. The summed E-state index contributed by atoms with van der Waals surface area (Å²) in [5, 5.41) is 11.0. The van der Waals surface area contributed by atoms with E-state index >= 15 is 0 Å². The Morgan fingerprint density at radius 3 is 2.41 bits per heavy atom. The molecule has 8 nitrogen and oxygen atoms in total. The van der Waals surface area contributed by atoms with Crippen LogP contribution >= 0.6 is 0 Å². The van der Waals surface area contributed by atoms with E-state index in [1.54, 1.807) is 0 Å². The van der Waals surface area contributed by atoms with Crippen LogP contribution in [0.5, 0.6) is 0 Å². The van der Waals surface area contributed by atoms with Crippen molar-refractivity contribution in [2.45, 2.75) is 40.4 Å². The fourth-order valence-corrected chi connectivity index (χ4v) is 3.52. The Labute approximate surface area is 194 Å². The van der Waals surface area contributed by atoms with Crippen molar-refractivity contribution in [2.24, 2.45) is 5.92 Å². The molecule has 34 heavy (non-hydrogen) atoms. The monoisotopic (exact) mass is 477 g/mol. The van der Waals surface area contributed by atoms with E-state index in [2.05, 4.69) is 15.5 Å². The van der Waals surface area contributed by atoms with E-state index in [0.29, 0.717) is 17.8 Å². The Hall–Kier alpha value is -3.63. The van der Waals surface area contributed by atoms with Crippen LogP contribution < -0.4 is 5.32 Å². The number of aryl methyl sites for hydroxylation is 2. The lowest BCUT2D eigenvalue weighted by Gasteiger charge is -2.15. The highest BCUT2D eigenvalue weighted by molar-refractivity contribution is 5.94. The van der Waals surface area contributed by atoms with E-state index in [1.165, 1.54) is 31.2 Å². The average molecular weight is 477 g/mol. The number of hydrogen-bond acceptors (Lipinski definition) is 5. The van der Waals surface area contributed by atoms with Gasteiger partial charge in [-0.15, -0.1) is 0 Å². The van der Waals surface area contributed by atoms with Crippen molar-refractivity contribution < 1.29 is 27.5 Å². The molecule has 0 aliphatic heterocycles. The molecule has 11 heteroatoms. The number of carbonyl (C=O) groups excluding carboxylic acids is 2. The Morgan fingerprint density at radius 2 is 1.85 bits per heavy atom. The summed E-state index contributed by atoms with van der Waals surface area (Å²) in [5.74, 6) is -1.34. The smallest absolute Gasteiger partial charge is 0.434 e. The molecule has 0 bridgehead atoms. The zero-order chi connectivity index (χ0) is 25.0. The van der Waals surface area contributed by atoms with Crippen molar-refractivity contribution in [1.29, 1.82) is 0 Å². The fourth-order valence-electron chi connectivity index (χ4n) is 3.52. The van der Waals surface area contributed by atoms with Crippen LogP contribution in [0.3, 0.4) is 0 Å². The summed E-state index contributed by atoms with van der Waals surface area (Å²) >= 11 is 0. The number of hydrogen-bond donors (Lipinski definition) is 1. The van der Waals surface area contributed by atoms with Crippen LogP contribution in [-0.2, 0) is 17.5 Å². The minimum absolute atomic E-state index is 0.0531. The second-order valence-corrected chi connectivity index (χ2v) is 8.01. The lowest BCUT2D eigenvalue weighted by atomic mass is 10.1. The third-order valence-electron chi connectivity index (χ3n) is 5.11. The third kappa shape index (κ3) is 5.64. The lowest BCUT2D eigenvalue weighted by molar-refractivity contribution is -0.143. The molecule has 1 aromatic carbocycles. The minimum atomic E-state index is -4.84. The van der Waals surface area contributed by atoms with E-state index < -0.39 is 23.4 Å². The Balaban J connectivity index is 1.70. The van der Waals surface area contributed by atoms with Gasteiger partial charge in [0.25, 0.3) is 5.91 Å². The molecule has 0 saturated carbocycles. The summed E-state index contributed by atoms with van der Waals surface area (Å²) in [4.78, 5) is 24.4. The van der Waals surface area contributed by atoms with E-state index in [-0.39, 0.29) is 29.7 Å². The molecule has 1 atom stereocenters. The van der Waals surface area contributed by atoms with Gasteiger partial charge in [-0.25, -0.2) is 9.48 Å². The van der Waals surface area contributed by atoms with Crippen molar-refractivity contribution in [3.05, 3.63) is 64.7 Å². The molecular formula is C23H26F3N5O3. The maximum atomic E-state index is 13.7. The molecule has 0 fully saturated rings. The molecule has 0 aliphatic rings. The fraction of sp³-hybridized carbons (Fsp3) is 0.391. The van der Waals surface area contributed by atoms with Gasteiger partial charge in [-0.05, 0) is 57.0 Å². The molecule has 0 spiro atoms. The van der Waals surface area contributed by atoms with Crippen LogP contribution in [0.15, 0.2) is 36.5 Å². The number of amides is 1. The molecule has 3 rings (SSSR count). The molecule has 1 unspecified atom stereocenters. The normalized spacial score (nSPS) is 12.4. The van der Waals surface area contributed by atoms with Crippen LogP contribution in [0.25, 0.3) is 5.69 Å². The van der Waals surface area contributed by atoms with E-state index in [1.807, 2.05) is 31.5 Å². The molecule has 2 heterocycles. The first kappa shape index (κ1) is 25.0. The standard InChI is InChI=1S/C23H26F3N5O3/c1-5-34-22(33)19-12-28-31(20(19)23(24,25)26)18-8-6-17(7-9-18)21(32)27-11-14(2)13-30-16(4)10-15(3)29-30/h6-10,12,14H,5,11,13H2,1-4H3,(H,27,32). The largest absolute Gasteiger partial charge is 0.462 e. The van der Waals surface area contributed by atoms with Crippen molar-refractivity contribution >= 4 is 11.9 Å². The van der Waals surface area contributed by atoms with E-state index in [9.17, 15) is 22.8 Å². The maximum absolute atomic E-state index is 13.7. The molecule has 2 aromatic heterocycles. The van der Waals surface area contributed by atoms with Gasteiger partial charge in [-0.2, -0.15) is 23.4 Å². The van der Waals surface area contributed by atoms with Gasteiger partial charge in [0.1, 0.15) is 5.56 Å². The molecule has 0 radical (unpaired) electrons. The number of aromatic nitrogens is 4. The maximum Gasteiger partial charge on any atom is 0.434 e. The molecule has 0 aliphatic carbocycles. The summed E-state index contributed by atoms with van der Waals surface area (Å²) in [6.07, 6.45) is -4.01. The van der Waals surface area contributed by atoms with Gasteiger partial charge in [0.2, 0.25) is 0 Å². The van der Waals surface area contributed by atoms with Crippen molar-refractivity contribution in [3.63, 3.8) is 0 Å². The molecule has 0 saturated heterocycles. The Morgan fingerprint density at radius 1 is 1.18 bits per heavy atom. The number of esters is 1. The average Bonchev–Trinajstić information content (AvgIpc) is 3.35. The lowest BCUT2D eigenvalue weighted by Crippen LogP contribution is -2.30. The van der Waals surface area contributed by atoms with Crippen molar-refractivity contribution in [3.8, 4) is 5.69 Å². The first-order valence-electron chi connectivity index (χ1n) is 10.7. The zero-order valence-electron chi connectivity index (χ0n) is 19.3. The van der Waals surface area contributed by atoms with E-state index in [0.717, 1.165) is 17.6 Å². The van der Waals surface area contributed by atoms with Crippen LogP contribution in [0.1, 0.15) is 51.6 Å². The summed E-state index contributed by atoms with van der Waals surface area (Å²) in [7, 11) is 0. The van der Waals surface area contributed by atoms with Gasteiger partial charge in [0.15, 0.2) is 5.69 Å². The van der Waals surface area contributed by atoms with Crippen LogP contribution in [-0.4, -0.2) is 44.6 Å². The summed E-state index contributed by atoms with van der Waals surface area (Å²) < 4.78 is 48.2. The number of alkyl halides is 3. The molecule has 1 amide bonds. The van der Waals surface area contributed by atoms with Crippen LogP contribution in [0.2, 0.25) is 0 Å². The van der Waals surface area contributed by atoms with E-state index in [4.69, 9.17) is 4.74 Å². The quantitative estimate of drug-likeness (QED) is 0.496. The molecule has 1 N–H and O–H groups in total. The summed E-state index contributed by atoms with van der Waals surface area (Å²) in [5.41, 5.74) is 0.392. The minimum Gasteiger partial charge on any atom is -0.462 e. The highest BCUT2D eigenvalue weighted by Crippen LogP contribution is 2.34. The number of rotatable bonds is 8. The van der Waals surface area contributed by atoms with Gasteiger partial charge in [0.05, 0.1) is 24.2 Å².